The normalized spacial score (nSPS) is 11.8. The Morgan fingerprint density at radius 3 is 1.68 bits per heavy atom. The van der Waals surface area contributed by atoms with Crippen LogP contribution in [-0.4, -0.2) is 0 Å². The predicted molar refractivity (Wildman–Crippen MR) is 157 cm³/mol. The third-order valence-electron chi connectivity index (χ3n) is 7.65. The summed E-state index contributed by atoms with van der Waals surface area (Å²) in [5.74, 6) is 0. The molecule has 37 heavy (non-hydrogen) atoms. The Morgan fingerprint density at radius 1 is 0.378 bits per heavy atom. The van der Waals surface area contributed by atoms with Crippen LogP contribution in [0.4, 0.5) is 0 Å². The molecule has 172 valence electrons. The van der Waals surface area contributed by atoms with E-state index in [4.69, 9.17) is 4.42 Å². The van der Waals surface area contributed by atoms with Crippen molar-refractivity contribution in [2.75, 3.05) is 0 Å². The van der Waals surface area contributed by atoms with E-state index in [0.717, 1.165) is 21.9 Å². The molecule has 0 N–H and O–H groups in total. The summed E-state index contributed by atoms with van der Waals surface area (Å²) < 4.78 is 6.55. The Bertz CT molecular complexity index is 2070. The standard InChI is InChI=1S/C36H22O/c1-2-12-24(13-3-1)33-26-15-6-8-17-28(26)34(29-18-9-7-16-27(29)33)30-19-10-20-32-35(30)31-22-21-23-11-4-5-14-25(23)36(31)37-32/h1-22H. The molecule has 0 aliphatic rings. The van der Waals surface area contributed by atoms with Crippen LogP contribution in [0.3, 0.4) is 0 Å². The quantitative estimate of drug-likeness (QED) is 0.229. The van der Waals surface area contributed by atoms with E-state index in [9.17, 15) is 0 Å². The zero-order valence-electron chi connectivity index (χ0n) is 20.1. The van der Waals surface area contributed by atoms with Crippen LogP contribution in [0, 0.1) is 0 Å². The molecule has 0 bridgehead atoms. The van der Waals surface area contributed by atoms with Crippen molar-refractivity contribution in [2.45, 2.75) is 0 Å². The molecule has 0 amide bonds. The van der Waals surface area contributed by atoms with Gasteiger partial charge in [0.25, 0.3) is 0 Å². The van der Waals surface area contributed by atoms with Crippen molar-refractivity contribution in [3.05, 3.63) is 133 Å². The molecular formula is C36H22O. The van der Waals surface area contributed by atoms with E-state index in [-0.39, 0.29) is 0 Å². The number of rotatable bonds is 2. The average molecular weight is 471 g/mol. The lowest BCUT2D eigenvalue weighted by Crippen LogP contribution is -1.91. The Kier molecular flexibility index (Phi) is 4.29. The van der Waals surface area contributed by atoms with E-state index in [1.807, 2.05) is 0 Å². The van der Waals surface area contributed by atoms with Gasteiger partial charge in [0, 0.05) is 16.2 Å². The van der Waals surface area contributed by atoms with Crippen LogP contribution in [-0.2, 0) is 0 Å². The molecule has 0 fully saturated rings. The van der Waals surface area contributed by atoms with Gasteiger partial charge in [-0.1, -0.05) is 121 Å². The third kappa shape index (κ3) is 2.92. The Labute approximate surface area is 214 Å². The largest absolute Gasteiger partial charge is 0.455 e. The number of hydrogen-bond donors (Lipinski definition) is 0. The number of benzene rings is 7. The molecule has 8 rings (SSSR count). The van der Waals surface area contributed by atoms with Gasteiger partial charge in [0.1, 0.15) is 11.2 Å². The van der Waals surface area contributed by atoms with Crippen molar-refractivity contribution in [1.29, 1.82) is 0 Å². The lowest BCUT2D eigenvalue weighted by Gasteiger charge is -2.18. The van der Waals surface area contributed by atoms with Gasteiger partial charge < -0.3 is 4.42 Å². The number of furan rings is 1. The summed E-state index contributed by atoms with van der Waals surface area (Å²) in [7, 11) is 0. The summed E-state index contributed by atoms with van der Waals surface area (Å²) in [5, 5.41) is 9.70. The highest BCUT2D eigenvalue weighted by Crippen LogP contribution is 2.47. The molecule has 0 saturated heterocycles. The first-order valence-corrected chi connectivity index (χ1v) is 12.7. The van der Waals surface area contributed by atoms with Gasteiger partial charge >= 0.3 is 0 Å². The van der Waals surface area contributed by atoms with Gasteiger partial charge in [-0.05, 0) is 61.3 Å². The summed E-state index contributed by atoms with van der Waals surface area (Å²) in [6.07, 6.45) is 0. The van der Waals surface area contributed by atoms with Gasteiger partial charge in [0.15, 0.2) is 0 Å². The molecule has 8 aromatic rings. The summed E-state index contributed by atoms with van der Waals surface area (Å²) in [5.41, 5.74) is 6.86. The Balaban J connectivity index is 1.57. The Hall–Kier alpha value is -4.88. The van der Waals surface area contributed by atoms with Crippen LogP contribution >= 0.6 is 0 Å². The molecule has 1 heteroatoms. The van der Waals surface area contributed by atoms with E-state index >= 15 is 0 Å². The molecular weight excluding hydrogens is 448 g/mol. The molecule has 0 saturated carbocycles. The molecule has 0 aliphatic carbocycles. The molecule has 1 nitrogen and oxygen atoms in total. The van der Waals surface area contributed by atoms with Crippen molar-refractivity contribution < 1.29 is 4.42 Å². The van der Waals surface area contributed by atoms with Crippen molar-refractivity contribution in [2.24, 2.45) is 0 Å². The first kappa shape index (κ1) is 20.3. The first-order chi connectivity index (χ1) is 18.4. The highest BCUT2D eigenvalue weighted by atomic mass is 16.3. The number of fused-ring (bicyclic) bond motifs is 7. The van der Waals surface area contributed by atoms with Gasteiger partial charge in [0.2, 0.25) is 0 Å². The van der Waals surface area contributed by atoms with E-state index in [1.54, 1.807) is 0 Å². The van der Waals surface area contributed by atoms with Gasteiger partial charge in [0.05, 0.1) is 0 Å². The van der Waals surface area contributed by atoms with E-state index in [1.165, 1.54) is 54.6 Å². The summed E-state index contributed by atoms with van der Waals surface area (Å²) in [4.78, 5) is 0. The fraction of sp³-hybridized carbons (Fsp3) is 0. The zero-order chi connectivity index (χ0) is 24.3. The van der Waals surface area contributed by atoms with Crippen LogP contribution in [0.2, 0.25) is 0 Å². The van der Waals surface area contributed by atoms with Crippen LogP contribution in [0.5, 0.6) is 0 Å². The van der Waals surface area contributed by atoms with Crippen molar-refractivity contribution in [3.63, 3.8) is 0 Å². The van der Waals surface area contributed by atoms with Crippen LogP contribution in [0.25, 0.3) is 76.5 Å². The maximum absolute atomic E-state index is 6.55. The fourth-order valence-corrected chi connectivity index (χ4v) is 6.10. The van der Waals surface area contributed by atoms with E-state index < -0.39 is 0 Å². The highest BCUT2D eigenvalue weighted by molar-refractivity contribution is 6.26. The van der Waals surface area contributed by atoms with Crippen LogP contribution in [0.15, 0.2) is 138 Å². The molecule has 7 aromatic carbocycles. The molecule has 0 radical (unpaired) electrons. The third-order valence-corrected chi connectivity index (χ3v) is 7.65. The fourth-order valence-electron chi connectivity index (χ4n) is 6.10. The zero-order valence-corrected chi connectivity index (χ0v) is 20.1. The summed E-state index contributed by atoms with van der Waals surface area (Å²) in [6, 6.07) is 47.7. The van der Waals surface area contributed by atoms with E-state index in [0.29, 0.717) is 0 Å². The molecule has 0 spiro atoms. The summed E-state index contributed by atoms with van der Waals surface area (Å²) >= 11 is 0. The maximum Gasteiger partial charge on any atom is 0.143 e. The second kappa shape index (κ2) is 7.81. The molecule has 0 atom stereocenters. The maximum atomic E-state index is 6.55. The highest BCUT2D eigenvalue weighted by Gasteiger charge is 2.20. The molecule has 0 unspecified atom stereocenters. The van der Waals surface area contributed by atoms with Gasteiger partial charge in [-0.25, -0.2) is 0 Å². The topological polar surface area (TPSA) is 13.1 Å². The first-order valence-electron chi connectivity index (χ1n) is 12.7. The molecule has 1 aromatic heterocycles. The minimum absolute atomic E-state index is 0.921. The Morgan fingerprint density at radius 2 is 0.973 bits per heavy atom. The van der Waals surface area contributed by atoms with Crippen molar-refractivity contribution in [1.82, 2.24) is 0 Å². The smallest absolute Gasteiger partial charge is 0.143 e. The van der Waals surface area contributed by atoms with E-state index in [2.05, 4.69) is 133 Å². The SMILES string of the molecule is c1ccc(-c2c3ccccc3c(-c3cccc4oc5c6ccccc6ccc5c34)c3ccccc23)cc1. The minimum Gasteiger partial charge on any atom is -0.455 e. The van der Waals surface area contributed by atoms with Crippen molar-refractivity contribution >= 4 is 54.3 Å². The van der Waals surface area contributed by atoms with Gasteiger partial charge in [-0.15, -0.1) is 0 Å². The van der Waals surface area contributed by atoms with Crippen LogP contribution < -0.4 is 0 Å². The lowest BCUT2D eigenvalue weighted by molar-refractivity contribution is 0.673. The van der Waals surface area contributed by atoms with Crippen LogP contribution in [0.1, 0.15) is 0 Å². The molecule has 1 heterocycles. The lowest BCUT2D eigenvalue weighted by atomic mass is 9.85. The van der Waals surface area contributed by atoms with Gasteiger partial charge in [-0.2, -0.15) is 0 Å². The minimum atomic E-state index is 0.921. The number of hydrogen-bond acceptors (Lipinski definition) is 1. The van der Waals surface area contributed by atoms with Gasteiger partial charge in [-0.3, -0.25) is 0 Å². The second-order valence-corrected chi connectivity index (χ2v) is 9.65. The summed E-state index contributed by atoms with van der Waals surface area (Å²) in [6.45, 7) is 0. The predicted octanol–water partition coefficient (Wildman–Crippen LogP) is 10.4. The molecule has 0 aliphatic heterocycles. The van der Waals surface area contributed by atoms with Crippen molar-refractivity contribution in [3.8, 4) is 22.3 Å². The second-order valence-electron chi connectivity index (χ2n) is 9.65. The monoisotopic (exact) mass is 470 g/mol. The average Bonchev–Trinajstić information content (AvgIpc) is 3.36.